The molecule has 0 unspecified atom stereocenters. The molecular weight excluding hydrogens is 362 g/mol. The second-order valence-electron chi connectivity index (χ2n) is 7.72. The van der Waals surface area contributed by atoms with Crippen LogP contribution >= 0.6 is 0 Å². The number of carbonyl (C=O) groups excluding carboxylic acids is 2. The molecule has 29 heavy (non-hydrogen) atoms. The average molecular weight is 389 g/mol. The van der Waals surface area contributed by atoms with Crippen LogP contribution in [0.25, 0.3) is 5.69 Å². The third kappa shape index (κ3) is 4.09. The van der Waals surface area contributed by atoms with E-state index in [0.717, 1.165) is 22.6 Å². The summed E-state index contributed by atoms with van der Waals surface area (Å²) in [5.74, 6) is -0.233. The van der Waals surface area contributed by atoms with Gasteiger partial charge < -0.3 is 15.6 Å². The molecule has 0 aliphatic rings. The summed E-state index contributed by atoms with van der Waals surface area (Å²) in [6, 6.07) is 15.4. The Morgan fingerprint density at radius 3 is 2.31 bits per heavy atom. The van der Waals surface area contributed by atoms with Crippen LogP contribution in [-0.2, 0) is 0 Å². The molecule has 0 spiro atoms. The molecule has 2 amide bonds. The molecule has 1 aromatic heterocycles. The van der Waals surface area contributed by atoms with Gasteiger partial charge in [0.05, 0.1) is 5.56 Å². The van der Waals surface area contributed by atoms with E-state index < -0.39 is 5.91 Å². The van der Waals surface area contributed by atoms with Crippen LogP contribution in [-0.4, -0.2) is 16.4 Å². The first-order valence-electron chi connectivity index (χ1n) is 9.70. The van der Waals surface area contributed by atoms with Crippen molar-refractivity contribution < 1.29 is 9.59 Å². The predicted molar refractivity (Wildman–Crippen MR) is 117 cm³/mol. The minimum Gasteiger partial charge on any atom is -0.366 e. The molecule has 5 heteroatoms. The second kappa shape index (κ2) is 7.95. The highest BCUT2D eigenvalue weighted by molar-refractivity contribution is 6.06. The van der Waals surface area contributed by atoms with E-state index in [1.54, 1.807) is 25.1 Å². The first-order valence-corrected chi connectivity index (χ1v) is 9.70. The third-order valence-electron chi connectivity index (χ3n) is 5.22. The van der Waals surface area contributed by atoms with Gasteiger partial charge in [-0.1, -0.05) is 26.0 Å². The Bertz CT molecular complexity index is 1090. The quantitative estimate of drug-likeness (QED) is 0.652. The lowest BCUT2D eigenvalue weighted by Crippen LogP contribution is -2.15. The number of aryl methyl sites for hydroxylation is 2. The molecular formula is C24H27N3O2. The van der Waals surface area contributed by atoms with Crippen LogP contribution < -0.4 is 11.1 Å². The Morgan fingerprint density at radius 2 is 1.69 bits per heavy atom. The smallest absolute Gasteiger partial charge is 0.257 e. The van der Waals surface area contributed by atoms with Gasteiger partial charge in [0.1, 0.15) is 0 Å². The zero-order valence-corrected chi connectivity index (χ0v) is 17.5. The summed E-state index contributed by atoms with van der Waals surface area (Å²) >= 11 is 0. The highest BCUT2D eigenvalue weighted by atomic mass is 16.2. The number of nitrogens with zero attached hydrogens (tertiary/aromatic N) is 1. The molecule has 0 atom stereocenters. The normalized spacial score (nSPS) is 11.0. The summed E-state index contributed by atoms with van der Waals surface area (Å²) in [6.45, 7) is 10.1. The van der Waals surface area contributed by atoms with Gasteiger partial charge in [0.15, 0.2) is 0 Å². The number of hydrogen-bond donors (Lipinski definition) is 2. The predicted octanol–water partition coefficient (Wildman–Crippen LogP) is 4.88. The molecule has 150 valence electrons. The molecule has 0 aliphatic carbocycles. The standard InChI is InChI=1S/C24H27N3O2/c1-14(2)18-7-6-8-20(13-18)27-16(4)12-22(17(27)5)24(29)26-19-9-10-21(23(25)28)15(3)11-19/h6-14H,1-5H3,(H2,25,28)(H,26,29). The molecule has 0 radical (unpaired) electrons. The zero-order chi connectivity index (χ0) is 21.3. The Labute approximate surface area is 171 Å². The van der Waals surface area contributed by atoms with Crippen LogP contribution in [0.5, 0.6) is 0 Å². The van der Waals surface area contributed by atoms with Crippen molar-refractivity contribution in [1.29, 1.82) is 0 Å². The molecule has 3 rings (SSSR count). The highest BCUT2D eigenvalue weighted by Crippen LogP contribution is 2.25. The topological polar surface area (TPSA) is 77.1 Å². The molecule has 5 nitrogen and oxygen atoms in total. The number of nitrogens with two attached hydrogens (primary N) is 1. The van der Waals surface area contributed by atoms with Crippen LogP contribution in [0.1, 0.15) is 63.0 Å². The number of carbonyl (C=O) groups is 2. The van der Waals surface area contributed by atoms with E-state index in [1.807, 2.05) is 26.0 Å². The fraction of sp³-hybridized carbons (Fsp3) is 0.250. The van der Waals surface area contributed by atoms with Crippen molar-refractivity contribution >= 4 is 17.5 Å². The first kappa shape index (κ1) is 20.4. The van der Waals surface area contributed by atoms with E-state index >= 15 is 0 Å². The van der Waals surface area contributed by atoms with Crippen LogP contribution in [0.3, 0.4) is 0 Å². The van der Waals surface area contributed by atoms with E-state index in [-0.39, 0.29) is 5.91 Å². The van der Waals surface area contributed by atoms with Gasteiger partial charge in [-0.25, -0.2) is 0 Å². The average Bonchev–Trinajstić information content (AvgIpc) is 2.96. The van der Waals surface area contributed by atoms with E-state index in [0.29, 0.717) is 22.7 Å². The lowest BCUT2D eigenvalue weighted by molar-refractivity contribution is 0.0997. The number of rotatable bonds is 5. The van der Waals surface area contributed by atoms with Crippen molar-refractivity contribution in [2.24, 2.45) is 5.73 Å². The number of amides is 2. The van der Waals surface area contributed by atoms with Crippen molar-refractivity contribution in [3.05, 3.63) is 82.2 Å². The van der Waals surface area contributed by atoms with Crippen molar-refractivity contribution in [2.75, 3.05) is 5.32 Å². The van der Waals surface area contributed by atoms with E-state index in [9.17, 15) is 9.59 Å². The second-order valence-corrected chi connectivity index (χ2v) is 7.72. The van der Waals surface area contributed by atoms with Crippen molar-refractivity contribution in [3.63, 3.8) is 0 Å². The number of nitrogens with one attached hydrogen (secondary N) is 1. The molecule has 0 saturated heterocycles. The minimum absolute atomic E-state index is 0.185. The minimum atomic E-state index is -0.479. The Morgan fingerprint density at radius 1 is 0.966 bits per heavy atom. The Hall–Kier alpha value is -3.34. The van der Waals surface area contributed by atoms with Gasteiger partial charge in [0.25, 0.3) is 5.91 Å². The lowest BCUT2D eigenvalue weighted by Gasteiger charge is -2.13. The van der Waals surface area contributed by atoms with Gasteiger partial charge in [-0.15, -0.1) is 0 Å². The first-order chi connectivity index (χ1) is 13.7. The molecule has 2 aromatic carbocycles. The van der Waals surface area contributed by atoms with Gasteiger partial charge in [-0.3, -0.25) is 9.59 Å². The molecule has 0 bridgehead atoms. The highest BCUT2D eigenvalue weighted by Gasteiger charge is 2.18. The summed E-state index contributed by atoms with van der Waals surface area (Å²) in [4.78, 5) is 24.3. The third-order valence-corrected chi connectivity index (χ3v) is 5.22. The van der Waals surface area contributed by atoms with Crippen LogP contribution in [0, 0.1) is 20.8 Å². The molecule has 0 aliphatic heterocycles. The van der Waals surface area contributed by atoms with E-state index in [4.69, 9.17) is 5.73 Å². The Balaban J connectivity index is 1.92. The van der Waals surface area contributed by atoms with E-state index in [1.165, 1.54) is 5.56 Å². The van der Waals surface area contributed by atoms with Crippen molar-refractivity contribution in [2.45, 2.75) is 40.5 Å². The zero-order valence-electron chi connectivity index (χ0n) is 17.5. The van der Waals surface area contributed by atoms with E-state index in [2.05, 4.69) is 41.9 Å². The molecule has 3 aromatic rings. The van der Waals surface area contributed by atoms with Gasteiger partial charge >= 0.3 is 0 Å². The number of aromatic nitrogens is 1. The van der Waals surface area contributed by atoms with Crippen LogP contribution in [0.2, 0.25) is 0 Å². The van der Waals surface area contributed by atoms with Gasteiger partial charge in [0, 0.05) is 28.3 Å². The van der Waals surface area contributed by atoms with Crippen molar-refractivity contribution in [1.82, 2.24) is 4.57 Å². The number of hydrogen-bond acceptors (Lipinski definition) is 2. The van der Waals surface area contributed by atoms with Crippen molar-refractivity contribution in [3.8, 4) is 5.69 Å². The molecule has 0 saturated carbocycles. The fourth-order valence-corrected chi connectivity index (χ4v) is 3.63. The summed E-state index contributed by atoms with van der Waals surface area (Å²) in [6.07, 6.45) is 0. The summed E-state index contributed by atoms with van der Waals surface area (Å²) in [5.41, 5.74) is 12.0. The number of anilines is 1. The number of primary amides is 1. The SMILES string of the molecule is Cc1cc(NC(=O)c2cc(C)n(-c3cccc(C(C)C)c3)c2C)ccc1C(N)=O. The van der Waals surface area contributed by atoms with Crippen LogP contribution in [0.4, 0.5) is 5.69 Å². The summed E-state index contributed by atoms with van der Waals surface area (Å²) < 4.78 is 2.10. The lowest BCUT2D eigenvalue weighted by atomic mass is 10.0. The van der Waals surface area contributed by atoms with Crippen LogP contribution in [0.15, 0.2) is 48.5 Å². The summed E-state index contributed by atoms with van der Waals surface area (Å²) in [7, 11) is 0. The Kier molecular flexibility index (Phi) is 5.59. The molecule has 0 fully saturated rings. The monoisotopic (exact) mass is 389 g/mol. The fourth-order valence-electron chi connectivity index (χ4n) is 3.63. The van der Waals surface area contributed by atoms with Gasteiger partial charge in [0.2, 0.25) is 5.91 Å². The van der Waals surface area contributed by atoms with Gasteiger partial charge in [-0.05, 0) is 74.2 Å². The number of benzene rings is 2. The molecule has 3 N–H and O–H groups in total. The molecule has 1 heterocycles. The van der Waals surface area contributed by atoms with Gasteiger partial charge in [-0.2, -0.15) is 0 Å². The maximum atomic E-state index is 12.9. The summed E-state index contributed by atoms with van der Waals surface area (Å²) in [5, 5.41) is 2.92. The maximum Gasteiger partial charge on any atom is 0.257 e. The maximum absolute atomic E-state index is 12.9. The largest absolute Gasteiger partial charge is 0.366 e.